The Bertz CT molecular complexity index is 417. The Hall–Kier alpha value is -1.15. The predicted octanol–water partition coefficient (Wildman–Crippen LogP) is 2.49. The summed E-state index contributed by atoms with van der Waals surface area (Å²) in [6, 6.07) is 6.07. The largest absolute Gasteiger partial charge is 0.316 e. The zero-order valence-electron chi connectivity index (χ0n) is 10.3. The third kappa shape index (κ3) is 1.90. The number of hydrogen-bond donors (Lipinski definition) is 1. The maximum atomic E-state index is 12.5. The molecule has 0 saturated carbocycles. The number of rotatable bonds is 2. The lowest BCUT2D eigenvalue weighted by atomic mass is 9.80. The van der Waals surface area contributed by atoms with Crippen molar-refractivity contribution in [1.82, 2.24) is 5.32 Å². The van der Waals surface area contributed by atoms with E-state index in [4.69, 9.17) is 0 Å². The van der Waals surface area contributed by atoms with Gasteiger partial charge < -0.3 is 5.32 Å². The maximum absolute atomic E-state index is 12.5. The van der Waals surface area contributed by atoms with E-state index in [0.717, 1.165) is 30.6 Å². The summed E-state index contributed by atoms with van der Waals surface area (Å²) in [5.74, 6) is 0.287. The third-order valence-electron chi connectivity index (χ3n) is 3.54. The smallest absolute Gasteiger partial charge is 0.170 e. The van der Waals surface area contributed by atoms with Crippen LogP contribution in [0.25, 0.3) is 0 Å². The van der Waals surface area contributed by atoms with Gasteiger partial charge in [-0.2, -0.15) is 0 Å². The first-order chi connectivity index (χ1) is 7.53. The Balaban J connectivity index is 2.33. The molecule has 86 valence electrons. The molecule has 0 aromatic heterocycles. The number of nitrogens with one attached hydrogen (secondary N) is 1. The summed E-state index contributed by atoms with van der Waals surface area (Å²) < 4.78 is 0. The van der Waals surface area contributed by atoms with Gasteiger partial charge in [0, 0.05) is 17.5 Å². The molecule has 1 fully saturated rings. The van der Waals surface area contributed by atoms with Crippen LogP contribution in [0.4, 0.5) is 0 Å². The van der Waals surface area contributed by atoms with Gasteiger partial charge in [-0.15, -0.1) is 0 Å². The van der Waals surface area contributed by atoms with Gasteiger partial charge in [0.25, 0.3) is 0 Å². The molecule has 1 aliphatic heterocycles. The van der Waals surface area contributed by atoms with Crippen LogP contribution >= 0.6 is 0 Å². The van der Waals surface area contributed by atoms with Crippen LogP contribution in [0, 0.1) is 19.3 Å². The molecule has 1 heterocycles. The van der Waals surface area contributed by atoms with Crippen molar-refractivity contribution in [2.45, 2.75) is 27.2 Å². The van der Waals surface area contributed by atoms with Gasteiger partial charge in [0.05, 0.1) is 0 Å². The van der Waals surface area contributed by atoms with Gasteiger partial charge in [0.15, 0.2) is 5.78 Å². The van der Waals surface area contributed by atoms with Crippen LogP contribution in [0.5, 0.6) is 0 Å². The van der Waals surface area contributed by atoms with E-state index in [-0.39, 0.29) is 11.2 Å². The molecule has 2 heteroatoms. The molecule has 0 bridgehead atoms. The van der Waals surface area contributed by atoms with E-state index in [9.17, 15) is 4.79 Å². The van der Waals surface area contributed by atoms with Crippen molar-refractivity contribution in [2.75, 3.05) is 13.1 Å². The molecule has 1 N–H and O–H groups in total. The molecule has 0 aliphatic carbocycles. The van der Waals surface area contributed by atoms with Crippen LogP contribution in [0.3, 0.4) is 0 Å². The Labute approximate surface area is 97.1 Å². The van der Waals surface area contributed by atoms with Gasteiger partial charge in [0.1, 0.15) is 0 Å². The van der Waals surface area contributed by atoms with E-state index < -0.39 is 0 Å². The molecule has 1 unspecified atom stereocenters. The van der Waals surface area contributed by atoms with Gasteiger partial charge in [-0.3, -0.25) is 4.79 Å². The zero-order valence-corrected chi connectivity index (χ0v) is 10.3. The lowest BCUT2D eigenvalue weighted by molar-refractivity contribution is 0.0839. The number of aryl methyl sites for hydroxylation is 2. The maximum Gasteiger partial charge on any atom is 0.170 e. The van der Waals surface area contributed by atoms with Gasteiger partial charge >= 0.3 is 0 Å². The first-order valence-corrected chi connectivity index (χ1v) is 5.86. The van der Waals surface area contributed by atoms with Crippen LogP contribution in [0.1, 0.15) is 34.8 Å². The molecule has 0 spiro atoms. The molecule has 16 heavy (non-hydrogen) atoms. The molecule has 1 aromatic carbocycles. The highest BCUT2D eigenvalue weighted by Gasteiger charge is 2.37. The summed E-state index contributed by atoms with van der Waals surface area (Å²) in [5.41, 5.74) is 2.98. The first-order valence-electron chi connectivity index (χ1n) is 5.86. The third-order valence-corrected chi connectivity index (χ3v) is 3.54. The van der Waals surface area contributed by atoms with Crippen LogP contribution in [0.15, 0.2) is 18.2 Å². The van der Waals surface area contributed by atoms with E-state index in [0.29, 0.717) is 0 Å². The van der Waals surface area contributed by atoms with Crippen molar-refractivity contribution in [3.63, 3.8) is 0 Å². The van der Waals surface area contributed by atoms with Crippen LogP contribution < -0.4 is 5.32 Å². The minimum Gasteiger partial charge on any atom is -0.316 e. The van der Waals surface area contributed by atoms with E-state index >= 15 is 0 Å². The summed E-state index contributed by atoms with van der Waals surface area (Å²) in [4.78, 5) is 12.5. The summed E-state index contributed by atoms with van der Waals surface area (Å²) in [7, 11) is 0. The predicted molar refractivity (Wildman–Crippen MR) is 65.8 cm³/mol. The molecule has 1 aromatic rings. The summed E-state index contributed by atoms with van der Waals surface area (Å²) >= 11 is 0. The highest BCUT2D eigenvalue weighted by molar-refractivity contribution is 6.01. The van der Waals surface area contributed by atoms with E-state index in [2.05, 4.69) is 25.2 Å². The Morgan fingerprint density at radius 2 is 2.12 bits per heavy atom. The molecular weight excluding hydrogens is 198 g/mol. The average molecular weight is 217 g/mol. The Morgan fingerprint density at radius 3 is 2.69 bits per heavy atom. The second kappa shape index (κ2) is 4.02. The van der Waals surface area contributed by atoms with Crippen molar-refractivity contribution in [1.29, 1.82) is 0 Å². The van der Waals surface area contributed by atoms with E-state index in [1.165, 1.54) is 5.56 Å². The number of carbonyl (C=O) groups excluding carboxylic acids is 1. The molecule has 1 saturated heterocycles. The lowest BCUT2D eigenvalue weighted by Crippen LogP contribution is -2.30. The number of hydrogen-bond acceptors (Lipinski definition) is 2. The van der Waals surface area contributed by atoms with Crippen LogP contribution in [-0.2, 0) is 0 Å². The monoisotopic (exact) mass is 217 g/mol. The van der Waals surface area contributed by atoms with Gasteiger partial charge in [-0.1, -0.05) is 30.7 Å². The van der Waals surface area contributed by atoms with Crippen molar-refractivity contribution in [2.24, 2.45) is 5.41 Å². The summed E-state index contributed by atoms with van der Waals surface area (Å²) in [6.07, 6.45) is 0.944. The quantitative estimate of drug-likeness (QED) is 0.771. The Morgan fingerprint density at radius 1 is 1.38 bits per heavy atom. The fraction of sp³-hybridized carbons (Fsp3) is 0.500. The fourth-order valence-corrected chi connectivity index (χ4v) is 2.40. The van der Waals surface area contributed by atoms with E-state index in [1.54, 1.807) is 0 Å². The fourth-order valence-electron chi connectivity index (χ4n) is 2.40. The average Bonchev–Trinajstić information content (AvgIpc) is 2.66. The standard InChI is InChI=1S/C14H19NO/c1-10-4-5-12(11(2)8-10)13(16)14(3)6-7-15-9-14/h4-5,8,15H,6-7,9H2,1-3H3. The minimum atomic E-state index is -0.208. The molecular formula is C14H19NO. The summed E-state index contributed by atoms with van der Waals surface area (Å²) in [5, 5.41) is 3.27. The molecule has 0 radical (unpaired) electrons. The highest BCUT2D eigenvalue weighted by Crippen LogP contribution is 2.30. The molecule has 1 aliphatic rings. The second-order valence-electron chi connectivity index (χ2n) is 5.13. The van der Waals surface area contributed by atoms with Crippen LogP contribution in [0.2, 0.25) is 0 Å². The molecule has 0 amide bonds. The lowest BCUT2D eigenvalue weighted by Gasteiger charge is -2.22. The normalized spacial score (nSPS) is 24.7. The van der Waals surface area contributed by atoms with Crippen molar-refractivity contribution >= 4 is 5.78 Å². The van der Waals surface area contributed by atoms with Gasteiger partial charge in [0.2, 0.25) is 0 Å². The number of Topliss-reactive ketones (excluding diaryl/α,β-unsaturated/α-hetero) is 1. The van der Waals surface area contributed by atoms with E-state index in [1.807, 2.05) is 19.1 Å². The van der Waals surface area contributed by atoms with Crippen LogP contribution in [-0.4, -0.2) is 18.9 Å². The van der Waals surface area contributed by atoms with Gasteiger partial charge in [-0.25, -0.2) is 0 Å². The SMILES string of the molecule is Cc1ccc(C(=O)C2(C)CCNC2)c(C)c1. The van der Waals surface area contributed by atoms with Crippen molar-refractivity contribution < 1.29 is 4.79 Å². The molecule has 2 rings (SSSR count). The highest BCUT2D eigenvalue weighted by atomic mass is 16.1. The topological polar surface area (TPSA) is 29.1 Å². The van der Waals surface area contributed by atoms with Crippen molar-refractivity contribution in [3.8, 4) is 0 Å². The summed E-state index contributed by atoms with van der Waals surface area (Å²) in [6.45, 7) is 7.90. The van der Waals surface area contributed by atoms with Gasteiger partial charge in [-0.05, 0) is 32.4 Å². The van der Waals surface area contributed by atoms with Crippen molar-refractivity contribution in [3.05, 3.63) is 34.9 Å². The second-order valence-corrected chi connectivity index (χ2v) is 5.13. The minimum absolute atomic E-state index is 0.208. The number of benzene rings is 1. The Kier molecular flexibility index (Phi) is 2.85. The molecule has 2 nitrogen and oxygen atoms in total. The molecule has 1 atom stereocenters. The zero-order chi connectivity index (χ0) is 11.8. The first kappa shape index (κ1) is 11.3. The number of ketones is 1. The number of carbonyl (C=O) groups is 1.